The molecule has 0 aliphatic rings. The van der Waals surface area contributed by atoms with E-state index < -0.39 is 18.2 Å². The largest absolute Gasteiger partial charge is 0.394 e. The van der Waals surface area contributed by atoms with E-state index in [4.69, 9.17) is 0 Å². The quantitative estimate of drug-likeness (QED) is 0.0641. The second-order valence-electron chi connectivity index (χ2n) is 10.7. The summed E-state index contributed by atoms with van der Waals surface area (Å²) >= 11 is 0. The summed E-state index contributed by atoms with van der Waals surface area (Å²) in [5.41, 5.74) is 0. The highest BCUT2D eigenvalue weighted by molar-refractivity contribution is 5.76. The number of unbranched alkanes of at least 4 members (excludes halogenated alkanes) is 14. The summed E-state index contributed by atoms with van der Waals surface area (Å²) in [7, 11) is 0. The number of carbonyl (C=O) groups is 1. The first kappa shape index (κ1) is 36.6. The third-order valence-corrected chi connectivity index (χ3v) is 6.92. The fourth-order valence-corrected chi connectivity index (χ4v) is 4.49. The maximum atomic E-state index is 12.3. The van der Waals surface area contributed by atoms with Crippen molar-refractivity contribution >= 4 is 5.91 Å². The Labute approximate surface area is 234 Å². The highest BCUT2D eigenvalue weighted by Crippen LogP contribution is 2.14. The summed E-state index contributed by atoms with van der Waals surface area (Å²) in [5.74, 6) is -0.334. The lowest BCUT2D eigenvalue weighted by Crippen LogP contribution is -2.45. The smallest absolute Gasteiger partial charge is 0.222 e. The summed E-state index contributed by atoms with van der Waals surface area (Å²) in [6.45, 7) is 4.04. The van der Waals surface area contributed by atoms with Gasteiger partial charge in [-0.1, -0.05) is 134 Å². The molecule has 5 nitrogen and oxygen atoms in total. The summed E-state index contributed by atoms with van der Waals surface area (Å²) in [5, 5.41) is 32.8. The minimum absolute atomic E-state index is 0.00340. The van der Waals surface area contributed by atoms with Gasteiger partial charge in [-0.3, -0.25) is 4.79 Å². The molecule has 0 aromatic carbocycles. The lowest BCUT2D eigenvalue weighted by molar-refractivity contribution is -0.124. The summed E-state index contributed by atoms with van der Waals surface area (Å²) < 4.78 is 0. The van der Waals surface area contributed by atoms with Crippen LogP contribution in [0.5, 0.6) is 0 Å². The van der Waals surface area contributed by atoms with E-state index in [0.29, 0.717) is 6.42 Å². The highest BCUT2D eigenvalue weighted by Gasteiger charge is 2.20. The van der Waals surface area contributed by atoms with Crippen molar-refractivity contribution in [3.8, 4) is 0 Å². The summed E-state index contributed by atoms with van der Waals surface area (Å²) in [4.78, 5) is 12.3. The summed E-state index contributed by atoms with van der Waals surface area (Å²) in [6, 6.07) is -0.761. The van der Waals surface area contributed by atoms with Crippen molar-refractivity contribution < 1.29 is 20.1 Å². The van der Waals surface area contributed by atoms with Gasteiger partial charge >= 0.3 is 0 Å². The fourth-order valence-electron chi connectivity index (χ4n) is 4.49. The van der Waals surface area contributed by atoms with E-state index in [2.05, 4.69) is 43.5 Å². The lowest BCUT2D eigenvalue weighted by Gasteiger charge is -2.21. The van der Waals surface area contributed by atoms with E-state index in [1.807, 2.05) is 6.08 Å². The molecule has 0 saturated heterocycles. The van der Waals surface area contributed by atoms with Gasteiger partial charge in [-0.05, 0) is 38.5 Å². The first-order chi connectivity index (χ1) is 18.5. The van der Waals surface area contributed by atoms with Crippen molar-refractivity contribution in [2.75, 3.05) is 6.61 Å². The van der Waals surface area contributed by atoms with E-state index in [0.717, 1.165) is 44.9 Å². The third kappa shape index (κ3) is 24.9. The first-order valence-electron chi connectivity index (χ1n) is 15.8. The van der Waals surface area contributed by atoms with Crippen LogP contribution in [0.25, 0.3) is 0 Å². The van der Waals surface area contributed by atoms with Crippen LogP contribution in [-0.4, -0.2) is 46.1 Å². The van der Waals surface area contributed by atoms with E-state index in [1.54, 1.807) is 6.08 Å². The molecule has 0 bridgehead atoms. The average Bonchev–Trinajstić information content (AvgIpc) is 2.90. The number of allylic oxidation sites excluding steroid dienone is 5. The maximum Gasteiger partial charge on any atom is 0.222 e. The predicted octanol–water partition coefficient (Wildman–Crippen LogP) is 7.70. The van der Waals surface area contributed by atoms with Gasteiger partial charge in [0.2, 0.25) is 5.91 Å². The van der Waals surface area contributed by atoms with Crippen molar-refractivity contribution in [1.29, 1.82) is 0 Å². The second-order valence-corrected chi connectivity index (χ2v) is 10.7. The second kappa shape index (κ2) is 28.6. The molecule has 0 aromatic rings. The molecule has 0 spiro atoms. The number of hydrogen-bond acceptors (Lipinski definition) is 4. The third-order valence-electron chi connectivity index (χ3n) is 6.92. The lowest BCUT2D eigenvalue weighted by atomic mass is 10.0. The number of aliphatic hydroxyl groups is 3. The molecule has 0 aromatic heterocycles. The van der Waals surface area contributed by atoms with E-state index in [9.17, 15) is 20.1 Å². The minimum atomic E-state index is -0.953. The van der Waals surface area contributed by atoms with Crippen LogP contribution in [0.4, 0.5) is 0 Å². The molecule has 0 heterocycles. The van der Waals surface area contributed by atoms with Gasteiger partial charge in [-0.2, -0.15) is 0 Å². The molecule has 0 rings (SSSR count). The van der Waals surface area contributed by atoms with Gasteiger partial charge in [0.05, 0.1) is 31.3 Å². The van der Waals surface area contributed by atoms with Crippen LogP contribution < -0.4 is 5.32 Å². The highest BCUT2D eigenvalue weighted by atomic mass is 16.3. The van der Waals surface area contributed by atoms with Gasteiger partial charge in [0.1, 0.15) is 0 Å². The number of hydrogen-bond donors (Lipinski definition) is 4. The van der Waals surface area contributed by atoms with Crippen LogP contribution in [0.2, 0.25) is 0 Å². The Bertz CT molecular complexity index is 602. The molecular weight excluding hydrogens is 474 g/mol. The van der Waals surface area contributed by atoms with Gasteiger partial charge in [-0.25, -0.2) is 0 Å². The van der Waals surface area contributed by atoms with Gasteiger partial charge in [0.15, 0.2) is 0 Å². The molecular formula is C33H61NO4. The number of amides is 1. The van der Waals surface area contributed by atoms with Gasteiger partial charge in [0.25, 0.3) is 0 Å². The van der Waals surface area contributed by atoms with Crippen LogP contribution in [0.1, 0.15) is 142 Å². The zero-order valence-electron chi connectivity index (χ0n) is 24.8. The molecule has 3 unspecified atom stereocenters. The van der Waals surface area contributed by atoms with Crippen LogP contribution in [0.3, 0.4) is 0 Å². The Kier molecular flexibility index (Phi) is 27.5. The van der Waals surface area contributed by atoms with E-state index >= 15 is 0 Å². The Morgan fingerprint density at radius 1 is 0.684 bits per heavy atom. The molecule has 0 aliphatic heterocycles. The van der Waals surface area contributed by atoms with Crippen LogP contribution in [0, 0.1) is 0 Å². The number of aliphatic hydroxyl groups excluding tert-OH is 3. The van der Waals surface area contributed by atoms with Crippen molar-refractivity contribution in [2.24, 2.45) is 0 Å². The molecule has 3 atom stereocenters. The molecule has 4 N–H and O–H groups in total. The molecule has 0 radical (unpaired) electrons. The fraction of sp³-hybridized carbons (Fsp3) is 0.788. The molecule has 1 amide bonds. The first-order valence-corrected chi connectivity index (χ1v) is 15.8. The van der Waals surface area contributed by atoms with Gasteiger partial charge in [0, 0.05) is 0 Å². The number of nitrogens with one attached hydrogen (secondary N) is 1. The standard InChI is InChI=1S/C33H61NO4/c1-3-5-7-9-11-13-15-16-17-18-20-22-24-26-30(36)28-33(38)34-31(29-35)32(37)27-25-23-21-19-14-12-10-8-6-4-2/h6,8,14,19,25,27,30-32,35-37H,3-5,7,9-13,15-18,20-24,26,28-29H2,1-2H3,(H,34,38)/b8-6+,19-14+,27-25+. The van der Waals surface area contributed by atoms with Gasteiger partial charge in [-0.15, -0.1) is 0 Å². The predicted molar refractivity (Wildman–Crippen MR) is 162 cm³/mol. The summed E-state index contributed by atoms with van der Waals surface area (Å²) in [6.07, 6.45) is 32.7. The minimum Gasteiger partial charge on any atom is -0.394 e. The van der Waals surface area contributed by atoms with Crippen molar-refractivity contribution in [3.05, 3.63) is 36.5 Å². The van der Waals surface area contributed by atoms with Crippen LogP contribution in [-0.2, 0) is 4.79 Å². The van der Waals surface area contributed by atoms with Crippen molar-refractivity contribution in [2.45, 2.75) is 161 Å². The zero-order valence-corrected chi connectivity index (χ0v) is 24.8. The Morgan fingerprint density at radius 2 is 1.16 bits per heavy atom. The Morgan fingerprint density at radius 3 is 1.66 bits per heavy atom. The Hall–Kier alpha value is -1.43. The van der Waals surface area contributed by atoms with Crippen molar-refractivity contribution in [1.82, 2.24) is 5.32 Å². The average molecular weight is 536 g/mol. The van der Waals surface area contributed by atoms with E-state index in [-0.39, 0.29) is 18.9 Å². The number of carbonyl (C=O) groups excluding carboxylic acids is 1. The monoisotopic (exact) mass is 535 g/mol. The molecule has 0 aliphatic carbocycles. The Balaban J connectivity index is 3.83. The molecule has 38 heavy (non-hydrogen) atoms. The van der Waals surface area contributed by atoms with E-state index in [1.165, 1.54) is 70.6 Å². The topological polar surface area (TPSA) is 89.8 Å². The van der Waals surface area contributed by atoms with Crippen LogP contribution in [0.15, 0.2) is 36.5 Å². The molecule has 5 heteroatoms. The normalized spacial score (nSPS) is 14.6. The zero-order chi connectivity index (χ0) is 28.1. The van der Waals surface area contributed by atoms with Crippen molar-refractivity contribution in [3.63, 3.8) is 0 Å². The van der Waals surface area contributed by atoms with Gasteiger partial charge < -0.3 is 20.6 Å². The number of rotatable bonds is 27. The molecule has 0 saturated carbocycles. The molecule has 222 valence electrons. The van der Waals surface area contributed by atoms with Crippen LogP contribution >= 0.6 is 0 Å². The maximum absolute atomic E-state index is 12.3. The molecule has 0 fully saturated rings. The SMILES string of the molecule is CC/C=C/CC/C=C/CC/C=C/C(O)C(CO)NC(=O)CC(O)CCCCCCCCCCCCCCC.